The van der Waals surface area contributed by atoms with E-state index in [1.54, 1.807) is 18.2 Å². The summed E-state index contributed by atoms with van der Waals surface area (Å²) >= 11 is 6.59. The maximum absolute atomic E-state index is 11.7. The fourth-order valence-corrected chi connectivity index (χ4v) is 2.51. The number of para-hydroxylation sites is 1. The Morgan fingerprint density at radius 1 is 1.37 bits per heavy atom. The molecule has 0 spiro atoms. The first-order chi connectivity index (χ1) is 8.95. The maximum atomic E-state index is 11.7. The van der Waals surface area contributed by atoms with Crippen molar-refractivity contribution in [3.63, 3.8) is 0 Å². The predicted octanol–water partition coefficient (Wildman–Crippen LogP) is 3.36. The van der Waals surface area contributed by atoms with Gasteiger partial charge in [-0.1, -0.05) is 12.1 Å². The highest BCUT2D eigenvalue weighted by Crippen LogP contribution is 2.30. The summed E-state index contributed by atoms with van der Waals surface area (Å²) in [5.74, 6) is -1.11. The quantitative estimate of drug-likeness (QED) is 0.673. The summed E-state index contributed by atoms with van der Waals surface area (Å²) in [4.78, 5) is 22.6. The number of anilines is 1. The molecule has 0 aromatic heterocycles. The topological polar surface area (TPSA) is 78.4 Å². The second-order valence-corrected chi connectivity index (χ2v) is 5.32. The third-order valence-electron chi connectivity index (χ3n) is 2.21. The number of halogens is 2. The molecule has 0 bridgehead atoms. The van der Waals surface area contributed by atoms with Crippen LogP contribution in [0.1, 0.15) is 6.42 Å². The highest BCUT2D eigenvalue weighted by Gasteiger charge is 2.19. The predicted molar refractivity (Wildman–Crippen MR) is 80.2 cm³/mol. The summed E-state index contributed by atoms with van der Waals surface area (Å²) < 4.78 is 1.38. The number of hydrogen-bond donors (Lipinski definition) is 3. The third-order valence-corrected chi connectivity index (χ3v) is 3.53. The standard InChI is InChI=1S/C12H12Br2N2O3/c1-2-4-9(11(17)18)15-12(19)16-10-7(13)5-3-6-8(10)14/h2-3,5-6,9H,1,4H2,(H,17,18)(H2,15,16,19). The van der Waals surface area contributed by atoms with Crippen LogP contribution in [0.5, 0.6) is 0 Å². The number of urea groups is 1. The molecule has 0 aliphatic carbocycles. The van der Waals surface area contributed by atoms with Gasteiger partial charge in [0.25, 0.3) is 0 Å². The van der Waals surface area contributed by atoms with Gasteiger partial charge >= 0.3 is 12.0 Å². The molecule has 19 heavy (non-hydrogen) atoms. The summed E-state index contributed by atoms with van der Waals surface area (Å²) in [6.45, 7) is 3.45. The lowest BCUT2D eigenvalue weighted by molar-refractivity contribution is -0.139. The average molecular weight is 392 g/mol. The zero-order chi connectivity index (χ0) is 14.4. The lowest BCUT2D eigenvalue weighted by Crippen LogP contribution is -2.42. The molecule has 1 aromatic rings. The minimum absolute atomic E-state index is 0.153. The average Bonchev–Trinajstić information content (AvgIpc) is 2.33. The second kappa shape index (κ2) is 7.30. The first-order valence-corrected chi connectivity index (χ1v) is 6.89. The summed E-state index contributed by atoms with van der Waals surface area (Å²) in [5, 5.41) is 13.9. The van der Waals surface area contributed by atoms with Crippen LogP contribution in [0.4, 0.5) is 10.5 Å². The molecule has 0 saturated carbocycles. The number of carbonyl (C=O) groups excluding carboxylic acids is 1. The van der Waals surface area contributed by atoms with E-state index in [4.69, 9.17) is 5.11 Å². The van der Waals surface area contributed by atoms with E-state index in [0.717, 1.165) is 0 Å². The molecule has 102 valence electrons. The minimum Gasteiger partial charge on any atom is -0.480 e. The molecule has 0 saturated heterocycles. The number of carbonyl (C=O) groups is 2. The highest BCUT2D eigenvalue weighted by molar-refractivity contribution is 9.11. The molecule has 1 unspecified atom stereocenters. The fourth-order valence-electron chi connectivity index (χ4n) is 1.31. The van der Waals surface area contributed by atoms with Crippen LogP contribution >= 0.6 is 31.9 Å². The fraction of sp³-hybridized carbons (Fsp3) is 0.167. The van der Waals surface area contributed by atoms with Crippen molar-refractivity contribution in [1.82, 2.24) is 5.32 Å². The molecule has 1 rings (SSSR count). The van der Waals surface area contributed by atoms with Crippen molar-refractivity contribution in [2.24, 2.45) is 0 Å². The van der Waals surface area contributed by atoms with Gasteiger partial charge < -0.3 is 15.7 Å². The van der Waals surface area contributed by atoms with Crippen molar-refractivity contribution in [1.29, 1.82) is 0 Å². The Labute approximate surface area is 127 Å². The van der Waals surface area contributed by atoms with Gasteiger partial charge in [0, 0.05) is 8.95 Å². The van der Waals surface area contributed by atoms with Crippen LogP contribution in [0.2, 0.25) is 0 Å². The van der Waals surface area contributed by atoms with Crippen molar-refractivity contribution < 1.29 is 14.7 Å². The Kier molecular flexibility index (Phi) is 6.04. The Morgan fingerprint density at radius 2 is 1.95 bits per heavy atom. The largest absolute Gasteiger partial charge is 0.480 e. The molecule has 3 N–H and O–H groups in total. The monoisotopic (exact) mass is 390 g/mol. The number of aliphatic carboxylic acids is 1. The van der Waals surface area contributed by atoms with Crippen LogP contribution in [0, 0.1) is 0 Å². The Balaban J connectivity index is 2.74. The molecule has 1 aromatic carbocycles. The zero-order valence-electron chi connectivity index (χ0n) is 9.82. The van der Waals surface area contributed by atoms with Crippen molar-refractivity contribution >= 4 is 49.5 Å². The van der Waals surface area contributed by atoms with E-state index in [0.29, 0.717) is 14.6 Å². The van der Waals surface area contributed by atoms with Crippen LogP contribution in [0.15, 0.2) is 39.8 Å². The van der Waals surface area contributed by atoms with Gasteiger partial charge in [0.15, 0.2) is 0 Å². The van der Waals surface area contributed by atoms with E-state index < -0.39 is 18.0 Å². The first kappa shape index (κ1) is 15.7. The smallest absolute Gasteiger partial charge is 0.326 e. The van der Waals surface area contributed by atoms with Gasteiger partial charge in [-0.25, -0.2) is 9.59 Å². The third kappa shape index (κ3) is 4.68. The molecule has 0 aliphatic heterocycles. The van der Waals surface area contributed by atoms with Gasteiger partial charge in [0.2, 0.25) is 0 Å². The number of nitrogens with one attached hydrogen (secondary N) is 2. The summed E-state index contributed by atoms with van der Waals surface area (Å²) in [6.07, 6.45) is 1.59. The molecule has 0 heterocycles. The Hall–Kier alpha value is -1.34. The summed E-state index contributed by atoms with van der Waals surface area (Å²) in [6, 6.07) is 3.73. The minimum atomic E-state index is -1.11. The van der Waals surface area contributed by atoms with E-state index in [2.05, 4.69) is 49.1 Å². The second-order valence-electron chi connectivity index (χ2n) is 3.61. The van der Waals surface area contributed by atoms with E-state index in [-0.39, 0.29) is 6.42 Å². The molecule has 0 aliphatic rings. The number of carboxylic acids is 1. The van der Waals surface area contributed by atoms with Crippen molar-refractivity contribution in [2.75, 3.05) is 5.32 Å². The normalized spacial score (nSPS) is 11.5. The molecule has 7 heteroatoms. The van der Waals surface area contributed by atoms with Crippen molar-refractivity contribution in [3.8, 4) is 0 Å². The van der Waals surface area contributed by atoms with Gasteiger partial charge in [-0.15, -0.1) is 6.58 Å². The first-order valence-electron chi connectivity index (χ1n) is 5.31. The SMILES string of the molecule is C=CCC(NC(=O)Nc1c(Br)cccc1Br)C(=O)O. The Morgan fingerprint density at radius 3 is 2.42 bits per heavy atom. The van der Waals surface area contributed by atoms with Crippen LogP contribution in [0.25, 0.3) is 0 Å². The van der Waals surface area contributed by atoms with Crippen LogP contribution < -0.4 is 10.6 Å². The summed E-state index contributed by atoms with van der Waals surface area (Å²) in [7, 11) is 0. The molecular weight excluding hydrogens is 380 g/mol. The van der Waals surface area contributed by atoms with Crippen molar-refractivity contribution in [2.45, 2.75) is 12.5 Å². The van der Waals surface area contributed by atoms with Crippen LogP contribution in [-0.4, -0.2) is 23.1 Å². The van der Waals surface area contributed by atoms with E-state index >= 15 is 0 Å². The number of benzene rings is 1. The van der Waals surface area contributed by atoms with E-state index in [1.165, 1.54) is 6.08 Å². The number of amides is 2. The van der Waals surface area contributed by atoms with Crippen LogP contribution in [-0.2, 0) is 4.79 Å². The van der Waals surface area contributed by atoms with Gasteiger partial charge in [0.1, 0.15) is 6.04 Å². The maximum Gasteiger partial charge on any atom is 0.326 e. The van der Waals surface area contributed by atoms with Gasteiger partial charge in [-0.3, -0.25) is 0 Å². The number of rotatable bonds is 5. The van der Waals surface area contributed by atoms with Gasteiger partial charge in [0.05, 0.1) is 5.69 Å². The Bertz CT molecular complexity index is 485. The van der Waals surface area contributed by atoms with Crippen LogP contribution in [0.3, 0.4) is 0 Å². The molecule has 1 atom stereocenters. The molecule has 0 fully saturated rings. The van der Waals surface area contributed by atoms with Crippen molar-refractivity contribution in [3.05, 3.63) is 39.8 Å². The van der Waals surface area contributed by atoms with Gasteiger partial charge in [-0.2, -0.15) is 0 Å². The lowest BCUT2D eigenvalue weighted by Gasteiger charge is -2.15. The zero-order valence-corrected chi connectivity index (χ0v) is 13.0. The van der Waals surface area contributed by atoms with Gasteiger partial charge in [-0.05, 0) is 50.4 Å². The summed E-state index contributed by atoms with van der Waals surface area (Å²) in [5.41, 5.74) is 0.530. The molecule has 0 radical (unpaired) electrons. The number of carboxylic acid groups (broad SMARTS) is 1. The molecule has 2 amide bonds. The number of hydrogen-bond acceptors (Lipinski definition) is 2. The highest BCUT2D eigenvalue weighted by atomic mass is 79.9. The van der Waals surface area contributed by atoms with E-state index in [9.17, 15) is 9.59 Å². The molecular formula is C12H12Br2N2O3. The van der Waals surface area contributed by atoms with E-state index in [1.807, 2.05) is 0 Å². The lowest BCUT2D eigenvalue weighted by atomic mass is 10.2. The molecule has 5 nitrogen and oxygen atoms in total.